The Kier molecular flexibility index (Phi) is 6.69. The minimum Gasteiger partial charge on any atom is -0.325 e. The zero-order valence-electron chi connectivity index (χ0n) is 17.5. The number of anilines is 1. The Bertz CT molecular complexity index is 1000. The van der Waals surface area contributed by atoms with E-state index < -0.39 is 0 Å². The fourth-order valence-electron chi connectivity index (χ4n) is 2.98. The van der Waals surface area contributed by atoms with Gasteiger partial charge in [-0.15, -0.1) is 5.10 Å². The predicted octanol–water partition coefficient (Wildman–Crippen LogP) is 4.91. The number of hydrogen-bond donors (Lipinski definition) is 1. The molecule has 3 rings (SSSR count). The number of carbonyl (C=O) groups is 1. The molecule has 1 aromatic heterocycles. The Balaban J connectivity index is 1.75. The molecule has 2 aromatic carbocycles. The van der Waals surface area contributed by atoms with Gasteiger partial charge in [0.15, 0.2) is 0 Å². The second kappa shape index (κ2) is 9.22. The highest BCUT2D eigenvalue weighted by molar-refractivity contribution is 8.00. The molecule has 3 aromatic rings. The van der Waals surface area contributed by atoms with Gasteiger partial charge < -0.3 is 5.32 Å². The van der Waals surface area contributed by atoms with Gasteiger partial charge in [-0.2, -0.15) is 4.68 Å². The molecule has 0 fully saturated rings. The summed E-state index contributed by atoms with van der Waals surface area (Å²) >= 11 is 1.34. The van der Waals surface area contributed by atoms with Crippen LogP contribution in [-0.4, -0.2) is 31.4 Å². The minimum atomic E-state index is -0.351. The van der Waals surface area contributed by atoms with Crippen molar-refractivity contribution in [1.29, 1.82) is 0 Å². The first-order valence-electron chi connectivity index (χ1n) is 9.83. The van der Waals surface area contributed by atoms with E-state index in [4.69, 9.17) is 0 Å². The molecule has 29 heavy (non-hydrogen) atoms. The van der Waals surface area contributed by atoms with Gasteiger partial charge in [0.25, 0.3) is 0 Å². The van der Waals surface area contributed by atoms with Crippen LogP contribution in [-0.2, 0) is 4.79 Å². The molecule has 1 N–H and O–H groups in total. The van der Waals surface area contributed by atoms with E-state index >= 15 is 0 Å². The molecular weight excluding hydrogens is 382 g/mol. The third-order valence-corrected chi connectivity index (χ3v) is 6.22. The number of aromatic nitrogens is 4. The molecule has 0 aliphatic carbocycles. The Morgan fingerprint density at radius 2 is 1.90 bits per heavy atom. The van der Waals surface area contributed by atoms with E-state index in [1.54, 1.807) is 4.68 Å². The number of amides is 1. The lowest BCUT2D eigenvalue weighted by Crippen LogP contribution is -2.23. The van der Waals surface area contributed by atoms with E-state index in [1.807, 2.05) is 43.3 Å². The van der Waals surface area contributed by atoms with Gasteiger partial charge in [0.05, 0.1) is 10.9 Å². The smallest absolute Gasteiger partial charge is 0.237 e. The van der Waals surface area contributed by atoms with E-state index in [1.165, 1.54) is 22.9 Å². The van der Waals surface area contributed by atoms with Crippen LogP contribution in [0.1, 0.15) is 49.8 Å². The first-order valence-corrected chi connectivity index (χ1v) is 10.7. The third kappa shape index (κ3) is 4.85. The molecule has 0 aliphatic heterocycles. The first kappa shape index (κ1) is 21.0. The summed E-state index contributed by atoms with van der Waals surface area (Å²) < 4.78 is 1.67. The molecule has 152 valence electrons. The van der Waals surface area contributed by atoms with E-state index in [-0.39, 0.29) is 11.2 Å². The van der Waals surface area contributed by atoms with Crippen LogP contribution in [0.3, 0.4) is 0 Å². The molecule has 1 amide bonds. The van der Waals surface area contributed by atoms with E-state index in [9.17, 15) is 4.79 Å². The largest absolute Gasteiger partial charge is 0.325 e. The van der Waals surface area contributed by atoms with Gasteiger partial charge >= 0.3 is 0 Å². The maximum atomic E-state index is 12.8. The molecular formula is C22H27N5OS. The first-order chi connectivity index (χ1) is 13.9. The molecule has 1 heterocycles. The number of para-hydroxylation sites is 1. The van der Waals surface area contributed by atoms with Crippen molar-refractivity contribution in [2.24, 2.45) is 0 Å². The van der Waals surface area contributed by atoms with E-state index in [2.05, 4.69) is 54.6 Å². The lowest BCUT2D eigenvalue weighted by Gasteiger charge is -2.17. The summed E-state index contributed by atoms with van der Waals surface area (Å²) in [5.41, 5.74) is 5.29. The summed E-state index contributed by atoms with van der Waals surface area (Å²) in [5, 5.41) is 15.3. The normalized spacial score (nSPS) is 13.1. The lowest BCUT2D eigenvalue weighted by atomic mass is 9.97. The van der Waals surface area contributed by atoms with Crippen molar-refractivity contribution in [3.05, 3.63) is 59.2 Å². The number of nitrogens with zero attached hydrogens (tertiary/aromatic N) is 4. The number of rotatable bonds is 7. The quantitative estimate of drug-likeness (QED) is 0.561. The highest BCUT2D eigenvalue weighted by atomic mass is 32.2. The summed E-state index contributed by atoms with van der Waals surface area (Å²) in [5.74, 6) is 0.312. The molecule has 7 heteroatoms. The van der Waals surface area contributed by atoms with Gasteiger partial charge in [-0.1, -0.05) is 49.9 Å². The van der Waals surface area contributed by atoms with Crippen molar-refractivity contribution >= 4 is 23.4 Å². The Hall–Kier alpha value is -2.67. The summed E-state index contributed by atoms with van der Waals surface area (Å²) in [6.45, 7) is 10.3. The fourth-order valence-corrected chi connectivity index (χ4v) is 3.79. The van der Waals surface area contributed by atoms with Crippen molar-refractivity contribution in [2.45, 2.75) is 57.4 Å². The van der Waals surface area contributed by atoms with E-state index in [0.717, 1.165) is 23.4 Å². The number of carbonyl (C=O) groups excluding carboxylic acids is 1. The second-order valence-corrected chi connectivity index (χ2v) is 8.60. The van der Waals surface area contributed by atoms with Crippen molar-refractivity contribution < 1.29 is 4.79 Å². The molecule has 0 aliphatic rings. The van der Waals surface area contributed by atoms with Gasteiger partial charge in [0.2, 0.25) is 11.1 Å². The Morgan fingerprint density at radius 1 is 1.14 bits per heavy atom. The maximum Gasteiger partial charge on any atom is 0.237 e. The monoisotopic (exact) mass is 409 g/mol. The summed E-state index contributed by atoms with van der Waals surface area (Å²) in [7, 11) is 0. The number of hydrogen-bond acceptors (Lipinski definition) is 5. The third-order valence-electron chi connectivity index (χ3n) is 5.19. The second-order valence-electron chi connectivity index (χ2n) is 7.29. The standard InChI is InChI=1S/C22H27N5OS/c1-6-14(2)19-9-7-8-10-20(19)23-21(28)17(5)29-22-24-25-26-27(22)18-12-11-15(3)16(4)13-18/h7-14,17H,6H2,1-5H3,(H,23,28)/t14-,17+/m1/s1. The number of nitrogens with one attached hydrogen (secondary N) is 1. The SMILES string of the molecule is CC[C@@H](C)c1ccccc1NC(=O)[C@H](C)Sc1nnnn1-c1ccc(C)c(C)c1. The molecule has 0 bridgehead atoms. The lowest BCUT2D eigenvalue weighted by molar-refractivity contribution is -0.115. The number of benzene rings is 2. The average Bonchev–Trinajstić information content (AvgIpc) is 3.17. The summed E-state index contributed by atoms with van der Waals surface area (Å²) in [6.07, 6.45) is 1.02. The fraction of sp³-hybridized carbons (Fsp3) is 0.364. The van der Waals surface area contributed by atoms with Crippen LogP contribution in [0.4, 0.5) is 5.69 Å². The Labute approximate surface area is 176 Å². The molecule has 2 atom stereocenters. The number of aryl methyl sites for hydroxylation is 2. The molecule has 0 unspecified atom stereocenters. The molecule has 6 nitrogen and oxygen atoms in total. The molecule has 0 radical (unpaired) electrons. The van der Waals surface area contributed by atoms with E-state index in [0.29, 0.717) is 11.1 Å². The van der Waals surface area contributed by atoms with Gasteiger partial charge in [0, 0.05) is 5.69 Å². The number of tetrazole rings is 1. The van der Waals surface area contributed by atoms with Crippen molar-refractivity contribution in [3.63, 3.8) is 0 Å². The van der Waals surface area contributed by atoms with Gasteiger partial charge in [-0.3, -0.25) is 4.79 Å². The van der Waals surface area contributed by atoms with Gasteiger partial charge in [-0.25, -0.2) is 0 Å². The summed E-state index contributed by atoms with van der Waals surface area (Å²) in [4.78, 5) is 12.8. The highest BCUT2D eigenvalue weighted by Gasteiger charge is 2.21. The van der Waals surface area contributed by atoms with Crippen LogP contribution in [0.25, 0.3) is 5.69 Å². The molecule has 0 saturated heterocycles. The van der Waals surface area contributed by atoms with Crippen molar-refractivity contribution in [3.8, 4) is 5.69 Å². The predicted molar refractivity (Wildman–Crippen MR) is 118 cm³/mol. The topological polar surface area (TPSA) is 72.7 Å². The van der Waals surface area contributed by atoms with Crippen LogP contribution in [0.2, 0.25) is 0 Å². The maximum absolute atomic E-state index is 12.8. The zero-order valence-corrected chi connectivity index (χ0v) is 18.3. The van der Waals surface area contributed by atoms with Crippen LogP contribution < -0.4 is 5.32 Å². The van der Waals surface area contributed by atoms with Gasteiger partial charge in [-0.05, 0) is 78.4 Å². The van der Waals surface area contributed by atoms with Crippen molar-refractivity contribution in [1.82, 2.24) is 20.2 Å². The highest BCUT2D eigenvalue weighted by Crippen LogP contribution is 2.28. The molecule has 0 saturated carbocycles. The van der Waals surface area contributed by atoms with Crippen LogP contribution in [0, 0.1) is 13.8 Å². The van der Waals surface area contributed by atoms with Gasteiger partial charge in [0.1, 0.15) is 0 Å². The summed E-state index contributed by atoms with van der Waals surface area (Å²) in [6, 6.07) is 14.0. The zero-order chi connectivity index (χ0) is 21.0. The van der Waals surface area contributed by atoms with Crippen LogP contribution in [0.15, 0.2) is 47.6 Å². The molecule has 0 spiro atoms. The van der Waals surface area contributed by atoms with Crippen LogP contribution >= 0.6 is 11.8 Å². The van der Waals surface area contributed by atoms with Crippen molar-refractivity contribution in [2.75, 3.05) is 5.32 Å². The minimum absolute atomic E-state index is 0.0691. The number of thioether (sulfide) groups is 1. The Morgan fingerprint density at radius 3 is 2.62 bits per heavy atom. The van der Waals surface area contributed by atoms with Crippen LogP contribution in [0.5, 0.6) is 0 Å². The average molecular weight is 410 g/mol.